The van der Waals surface area contributed by atoms with Gasteiger partial charge < -0.3 is 15.0 Å². The first-order valence-electron chi connectivity index (χ1n) is 5.05. The Labute approximate surface area is 97.4 Å². The van der Waals surface area contributed by atoms with Gasteiger partial charge in [0.1, 0.15) is 0 Å². The number of methoxy groups -OCH3 is 1. The third-order valence-corrected chi connectivity index (χ3v) is 2.24. The number of nitrogens with zero attached hydrogens (tertiary/aromatic N) is 2. The minimum atomic E-state index is -0.438. The first-order valence-corrected chi connectivity index (χ1v) is 5.05. The van der Waals surface area contributed by atoms with Crippen molar-refractivity contribution in [3.05, 3.63) is 29.9 Å². The van der Waals surface area contributed by atoms with Crippen LogP contribution < -0.4 is 10.5 Å². The third-order valence-electron chi connectivity index (χ3n) is 2.24. The molecular formula is C11H12FN3O2. The molecule has 0 amide bonds. The molecule has 17 heavy (non-hydrogen) atoms. The van der Waals surface area contributed by atoms with Crippen LogP contribution in [0.25, 0.3) is 11.4 Å². The van der Waals surface area contributed by atoms with Gasteiger partial charge in [-0.2, -0.15) is 4.98 Å². The number of benzene rings is 1. The van der Waals surface area contributed by atoms with Crippen molar-refractivity contribution in [2.75, 3.05) is 7.11 Å². The second kappa shape index (κ2) is 4.50. The van der Waals surface area contributed by atoms with Gasteiger partial charge in [-0.1, -0.05) is 5.16 Å². The van der Waals surface area contributed by atoms with Crippen LogP contribution >= 0.6 is 0 Å². The standard InChI is InChI=1S/C11H12FN3O2/c1-6(13)11-14-10(15-17-11)7-3-4-8(12)9(5-7)16-2/h3-6H,13H2,1-2H3/t6-/m1/s1. The first kappa shape index (κ1) is 11.5. The number of ether oxygens (including phenoxy) is 1. The Balaban J connectivity index is 2.38. The van der Waals surface area contributed by atoms with Crippen LogP contribution in [-0.4, -0.2) is 17.3 Å². The number of nitrogens with two attached hydrogens (primary N) is 1. The molecule has 1 aromatic heterocycles. The van der Waals surface area contributed by atoms with Crippen LogP contribution in [0.1, 0.15) is 18.9 Å². The molecule has 1 aromatic carbocycles. The van der Waals surface area contributed by atoms with Crippen molar-refractivity contribution >= 4 is 0 Å². The predicted octanol–water partition coefficient (Wildman–Crippen LogP) is 1.90. The zero-order valence-electron chi connectivity index (χ0n) is 9.48. The molecule has 90 valence electrons. The summed E-state index contributed by atoms with van der Waals surface area (Å²) in [6, 6.07) is 4.01. The molecule has 0 aliphatic carbocycles. The van der Waals surface area contributed by atoms with E-state index in [9.17, 15) is 4.39 Å². The second-order valence-corrected chi connectivity index (χ2v) is 3.59. The molecule has 5 nitrogen and oxygen atoms in total. The minimum Gasteiger partial charge on any atom is -0.494 e. The van der Waals surface area contributed by atoms with E-state index in [1.807, 2.05) is 0 Å². The lowest BCUT2D eigenvalue weighted by Gasteiger charge is -2.02. The molecule has 0 fully saturated rings. The van der Waals surface area contributed by atoms with Gasteiger partial charge in [0, 0.05) is 5.56 Å². The van der Waals surface area contributed by atoms with E-state index in [1.54, 1.807) is 13.0 Å². The van der Waals surface area contributed by atoms with E-state index in [-0.39, 0.29) is 11.8 Å². The fraction of sp³-hybridized carbons (Fsp3) is 0.273. The van der Waals surface area contributed by atoms with E-state index in [0.29, 0.717) is 17.3 Å². The molecule has 0 bridgehead atoms. The van der Waals surface area contributed by atoms with E-state index < -0.39 is 5.82 Å². The van der Waals surface area contributed by atoms with Gasteiger partial charge >= 0.3 is 0 Å². The van der Waals surface area contributed by atoms with Crippen molar-refractivity contribution < 1.29 is 13.7 Å². The summed E-state index contributed by atoms with van der Waals surface area (Å²) >= 11 is 0. The van der Waals surface area contributed by atoms with Gasteiger partial charge in [0.05, 0.1) is 13.2 Å². The Bertz CT molecular complexity index is 525. The Morgan fingerprint density at radius 1 is 1.47 bits per heavy atom. The molecule has 0 spiro atoms. The summed E-state index contributed by atoms with van der Waals surface area (Å²) in [5.41, 5.74) is 6.21. The molecular weight excluding hydrogens is 225 g/mol. The maximum atomic E-state index is 13.2. The molecule has 0 aliphatic rings. The average Bonchev–Trinajstić information content (AvgIpc) is 2.79. The first-order chi connectivity index (χ1) is 8.11. The Morgan fingerprint density at radius 3 is 2.82 bits per heavy atom. The van der Waals surface area contributed by atoms with Gasteiger partial charge in [-0.05, 0) is 25.1 Å². The fourth-order valence-electron chi connectivity index (χ4n) is 1.34. The van der Waals surface area contributed by atoms with Crippen LogP contribution in [-0.2, 0) is 0 Å². The van der Waals surface area contributed by atoms with Crippen molar-refractivity contribution in [2.45, 2.75) is 13.0 Å². The number of aromatic nitrogens is 2. The Hall–Kier alpha value is -1.95. The average molecular weight is 237 g/mol. The van der Waals surface area contributed by atoms with E-state index in [2.05, 4.69) is 10.1 Å². The second-order valence-electron chi connectivity index (χ2n) is 3.59. The van der Waals surface area contributed by atoms with Crippen molar-refractivity contribution in [1.29, 1.82) is 0 Å². The van der Waals surface area contributed by atoms with Gasteiger partial charge in [0.25, 0.3) is 0 Å². The number of halogens is 1. The lowest BCUT2D eigenvalue weighted by Crippen LogP contribution is -2.04. The van der Waals surface area contributed by atoms with Crippen LogP contribution in [0.2, 0.25) is 0 Å². The van der Waals surface area contributed by atoms with Gasteiger partial charge in [-0.15, -0.1) is 0 Å². The van der Waals surface area contributed by atoms with E-state index >= 15 is 0 Å². The summed E-state index contributed by atoms with van der Waals surface area (Å²) in [6.45, 7) is 1.74. The summed E-state index contributed by atoms with van der Waals surface area (Å²) < 4.78 is 23.0. The van der Waals surface area contributed by atoms with Crippen LogP contribution in [0.5, 0.6) is 5.75 Å². The zero-order chi connectivity index (χ0) is 12.4. The van der Waals surface area contributed by atoms with E-state index in [0.717, 1.165) is 0 Å². The molecule has 0 aliphatic heterocycles. The highest BCUT2D eigenvalue weighted by Crippen LogP contribution is 2.24. The minimum absolute atomic E-state index is 0.134. The van der Waals surface area contributed by atoms with Crippen LogP contribution in [0.4, 0.5) is 4.39 Å². The fourth-order valence-corrected chi connectivity index (χ4v) is 1.34. The van der Waals surface area contributed by atoms with Gasteiger partial charge in [-0.3, -0.25) is 0 Å². The SMILES string of the molecule is COc1cc(-c2noc([C@@H](C)N)n2)ccc1F. The maximum absolute atomic E-state index is 13.2. The highest BCUT2D eigenvalue weighted by molar-refractivity contribution is 5.57. The lowest BCUT2D eigenvalue weighted by atomic mass is 10.2. The van der Waals surface area contributed by atoms with Crippen molar-refractivity contribution in [1.82, 2.24) is 10.1 Å². The predicted molar refractivity (Wildman–Crippen MR) is 58.8 cm³/mol. The summed E-state index contributed by atoms with van der Waals surface area (Å²) in [5, 5.41) is 3.77. The van der Waals surface area contributed by atoms with E-state index in [1.165, 1.54) is 19.2 Å². The molecule has 6 heteroatoms. The van der Waals surface area contributed by atoms with Crippen LogP contribution in [0.15, 0.2) is 22.7 Å². The Kier molecular flexibility index (Phi) is 3.06. The van der Waals surface area contributed by atoms with Gasteiger partial charge in [0.15, 0.2) is 11.6 Å². The van der Waals surface area contributed by atoms with Gasteiger partial charge in [-0.25, -0.2) is 4.39 Å². The molecule has 2 N–H and O–H groups in total. The molecule has 1 heterocycles. The number of hydrogen-bond donors (Lipinski definition) is 1. The molecule has 0 radical (unpaired) electrons. The van der Waals surface area contributed by atoms with Gasteiger partial charge in [0.2, 0.25) is 11.7 Å². The monoisotopic (exact) mass is 237 g/mol. The van der Waals surface area contributed by atoms with Crippen molar-refractivity contribution in [3.8, 4) is 17.1 Å². The topological polar surface area (TPSA) is 74.2 Å². The highest BCUT2D eigenvalue weighted by atomic mass is 19.1. The number of rotatable bonds is 3. The quantitative estimate of drug-likeness (QED) is 0.882. The van der Waals surface area contributed by atoms with Crippen LogP contribution in [0, 0.1) is 5.82 Å². The molecule has 0 unspecified atom stereocenters. The third kappa shape index (κ3) is 2.26. The summed E-state index contributed by atoms with van der Waals surface area (Å²) in [7, 11) is 1.39. The van der Waals surface area contributed by atoms with E-state index in [4.69, 9.17) is 15.0 Å². The summed E-state index contributed by atoms with van der Waals surface area (Å²) in [5.74, 6) is 0.390. The van der Waals surface area contributed by atoms with Crippen molar-refractivity contribution in [3.63, 3.8) is 0 Å². The molecule has 2 aromatic rings. The lowest BCUT2D eigenvalue weighted by molar-refractivity contribution is 0.362. The largest absolute Gasteiger partial charge is 0.494 e. The zero-order valence-corrected chi connectivity index (χ0v) is 9.48. The highest BCUT2D eigenvalue weighted by Gasteiger charge is 2.13. The number of hydrogen-bond acceptors (Lipinski definition) is 5. The normalized spacial score (nSPS) is 12.5. The molecule has 1 atom stereocenters. The smallest absolute Gasteiger partial charge is 0.243 e. The molecule has 2 rings (SSSR count). The molecule has 0 saturated heterocycles. The maximum Gasteiger partial charge on any atom is 0.243 e. The van der Waals surface area contributed by atoms with Crippen LogP contribution in [0.3, 0.4) is 0 Å². The molecule has 0 saturated carbocycles. The Morgan fingerprint density at radius 2 is 2.24 bits per heavy atom. The van der Waals surface area contributed by atoms with Crippen molar-refractivity contribution in [2.24, 2.45) is 5.73 Å². The summed E-state index contributed by atoms with van der Waals surface area (Å²) in [4.78, 5) is 4.10. The summed E-state index contributed by atoms with van der Waals surface area (Å²) in [6.07, 6.45) is 0.